The van der Waals surface area contributed by atoms with Gasteiger partial charge in [-0.1, -0.05) is 32.1 Å². The summed E-state index contributed by atoms with van der Waals surface area (Å²) < 4.78 is 0. The van der Waals surface area contributed by atoms with Crippen molar-refractivity contribution < 1.29 is 4.79 Å². The van der Waals surface area contributed by atoms with E-state index in [1.54, 1.807) is 0 Å². The molecule has 2 aliphatic heterocycles. The molecule has 0 aromatic carbocycles. The van der Waals surface area contributed by atoms with Crippen molar-refractivity contribution in [1.29, 1.82) is 0 Å². The Morgan fingerprint density at radius 3 is 2.38 bits per heavy atom. The van der Waals surface area contributed by atoms with Crippen LogP contribution in [-0.2, 0) is 17.8 Å². The maximum Gasteiger partial charge on any atom is 0.254 e. The number of fused-ring (bicyclic) bond motifs is 2. The second kappa shape index (κ2) is 8.58. The zero-order valence-corrected chi connectivity index (χ0v) is 19.4. The van der Waals surface area contributed by atoms with Crippen molar-refractivity contribution in [2.24, 2.45) is 17.8 Å². The minimum atomic E-state index is -0.0537. The number of nitrogens with zero attached hydrogens (tertiary/aromatic N) is 3. The lowest BCUT2D eigenvalue weighted by molar-refractivity contribution is -0.137. The summed E-state index contributed by atoms with van der Waals surface area (Å²) in [4.78, 5) is 39.4. The van der Waals surface area contributed by atoms with Gasteiger partial charge in [0.2, 0.25) is 5.91 Å². The molecule has 0 bridgehead atoms. The smallest absolute Gasteiger partial charge is 0.254 e. The molecular weight excluding hydrogens is 400 g/mol. The number of rotatable bonds is 3. The van der Waals surface area contributed by atoms with Crippen molar-refractivity contribution in [3.8, 4) is 0 Å². The van der Waals surface area contributed by atoms with E-state index in [0.717, 1.165) is 62.4 Å². The van der Waals surface area contributed by atoms with Gasteiger partial charge in [0, 0.05) is 37.2 Å². The first kappa shape index (κ1) is 20.9. The highest BCUT2D eigenvalue weighted by Gasteiger charge is 2.56. The third-order valence-corrected chi connectivity index (χ3v) is 9.26. The molecule has 3 heterocycles. The highest BCUT2D eigenvalue weighted by Crippen LogP contribution is 2.56. The topological polar surface area (TPSA) is 69.3 Å². The van der Waals surface area contributed by atoms with Crippen molar-refractivity contribution in [2.45, 2.75) is 102 Å². The fraction of sp³-hybridized carbons (Fsp3) is 0.808. The summed E-state index contributed by atoms with van der Waals surface area (Å²) in [6.07, 6.45) is 15.5. The van der Waals surface area contributed by atoms with Gasteiger partial charge < -0.3 is 9.88 Å². The van der Waals surface area contributed by atoms with Crippen LogP contribution in [0.15, 0.2) is 4.79 Å². The third kappa shape index (κ3) is 3.72. The van der Waals surface area contributed by atoms with E-state index in [9.17, 15) is 9.59 Å². The van der Waals surface area contributed by atoms with Gasteiger partial charge in [-0.05, 0) is 63.2 Å². The lowest BCUT2D eigenvalue weighted by Gasteiger charge is -2.38. The maximum atomic E-state index is 13.5. The molecule has 6 rings (SSSR count). The Balaban J connectivity index is 1.24. The molecule has 1 aromatic rings. The number of hydrogen-bond acceptors (Lipinski definition) is 4. The molecule has 1 amide bonds. The van der Waals surface area contributed by atoms with E-state index >= 15 is 0 Å². The highest BCUT2D eigenvalue weighted by atomic mass is 16.2. The van der Waals surface area contributed by atoms with Gasteiger partial charge in [0.25, 0.3) is 5.56 Å². The summed E-state index contributed by atoms with van der Waals surface area (Å²) >= 11 is 0. The SMILES string of the molecule is O=C(C1[C@H]2CCCC[C@@H]12)N1CCCC[C@@H]1c1nc2c(c(=O)[nH]1)CCN(C1CCCCC1)C2. The summed E-state index contributed by atoms with van der Waals surface area (Å²) in [6, 6.07) is 0.592. The molecule has 1 aromatic heterocycles. The Bertz CT molecular complexity index is 909. The number of amides is 1. The molecule has 3 aliphatic carbocycles. The third-order valence-electron chi connectivity index (χ3n) is 9.26. The number of nitrogens with one attached hydrogen (secondary N) is 1. The number of aromatic nitrogens is 2. The van der Waals surface area contributed by atoms with Crippen LogP contribution in [0.2, 0.25) is 0 Å². The van der Waals surface area contributed by atoms with Crippen molar-refractivity contribution >= 4 is 5.91 Å². The van der Waals surface area contributed by atoms with Gasteiger partial charge in [0.1, 0.15) is 5.82 Å². The zero-order chi connectivity index (χ0) is 21.7. The van der Waals surface area contributed by atoms with E-state index in [1.807, 2.05) is 0 Å². The van der Waals surface area contributed by atoms with Crippen LogP contribution in [0.1, 0.15) is 100 Å². The number of likely N-dealkylation sites (tertiary alicyclic amines) is 1. The number of carbonyl (C=O) groups is 1. The molecular formula is C26H38N4O2. The molecule has 1 unspecified atom stereocenters. The Labute approximate surface area is 191 Å². The average molecular weight is 439 g/mol. The van der Waals surface area contributed by atoms with Gasteiger partial charge >= 0.3 is 0 Å². The number of aromatic amines is 1. The molecule has 1 saturated heterocycles. The van der Waals surface area contributed by atoms with E-state index in [-0.39, 0.29) is 17.5 Å². The van der Waals surface area contributed by atoms with Crippen LogP contribution in [-0.4, -0.2) is 44.8 Å². The van der Waals surface area contributed by atoms with Gasteiger partial charge in [0.15, 0.2) is 0 Å². The standard InChI is InChI=1S/C26H38N4O2/c31-25-20-13-15-29(17-8-2-1-3-9-17)16-21(20)27-24(28-25)22-12-6-7-14-30(22)26(32)23-18-10-4-5-11-19(18)23/h17-19,22-23H,1-16H2,(H,27,28,31)/t18-,19+,22-,23?/m1/s1. The minimum Gasteiger partial charge on any atom is -0.332 e. The fourth-order valence-electron chi connectivity index (χ4n) is 7.42. The van der Waals surface area contributed by atoms with Gasteiger partial charge in [-0.15, -0.1) is 0 Å². The molecule has 0 spiro atoms. The Kier molecular flexibility index (Phi) is 5.60. The van der Waals surface area contributed by atoms with Crippen molar-refractivity contribution in [3.05, 3.63) is 27.4 Å². The summed E-state index contributed by atoms with van der Waals surface area (Å²) in [5, 5.41) is 0. The predicted octanol–water partition coefficient (Wildman–Crippen LogP) is 3.95. The summed E-state index contributed by atoms with van der Waals surface area (Å²) in [7, 11) is 0. The summed E-state index contributed by atoms with van der Waals surface area (Å²) in [6.45, 7) is 2.58. The van der Waals surface area contributed by atoms with E-state index in [1.165, 1.54) is 57.8 Å². The molecule has 1 N–H and O–H groups in total. The molecule has 174 valence electrons. The Morgan fingerprint density at radius 2 is 1.59 bits per heavy atom. The quantitative estimate of drug-likeness (QED) is 0.776. The molecule has 4 atom stereocenters. The number of piperidine rings is 1. The van der Waals surface area contributed by atoms with E-state index in [4.69, 9.17) is 4.98 Å². The van der Waals surface area contributed by atoms with Crippen LogP contribution in [0.5, 0.6) is 0 Å². The second-order valence-electron chi connectivity index (χ2n) is 11.1. The number of H-pyrrole nitrogens is 1. The van der Waals surface area contributed by atoms with E-state index in [0.29, 0.717) is 23.8 Å². The minimum absolute atomic E-state index is 0.0337. The first-order valence-corrected chi connectivity index (χ1v) is 13.4. The molecule has 3 saturated carbocycles. The number of carbonyl (C=O) groups excluding carboxylic acids is 1. The molecule has 0 radical (unpaired) electrons. The molecule has 4 fully saturated rings. The molecule has 5 aliphatic rings. The van der Waals surface area contributed by atoms with Crippen LogP contribution in [0.4, 0.5) is 0 Å². The van der Waals surface area contributed by atoms with Crippen LogP contribution in [0.25, 0.3) is 0 Å². The normalized spacial score (nSPS) is 33.4. The van der Waals surface area contributed by atoms with Gasteiger partial charge in [-0.3, -0.25) is 14.5 Å². The largest absolute Gasteiger partial charge is 0.332 e. The Morgan fingerprint density at radius 1 is 0.875 bits per heavy atom. The zero-order valence-electron chi connectivity index (χ0n) is 19.4. The Hall–Kier alpha value is -1.69. The average Bonchev–Trinajstić information content (AvgIpc) is 3.58. The first-order chi connectivity index (χ1) is 15.7. The highest BCUT2D eigenvalue weighted by molar-refractivity contribution is 5.83. The lowest BCUT2D eigenvalue weighted by atomic mass is 9.92. The van der Waals surface area contributed by atoms with Crippen LogP contribution in [0.3, 0.4) is 0 Å². The predicted molar refractivity (Wildman–Crippen MR) is 123 cm³/mol. The van der Waals surface area contributed by atoms with Crippen LogP contribution >= 0.6 is 0 Å². The van der Waals surface area contributed by atoms with E-state index < -0.39 is 0 Å². The second-order valence-corrected chi connectivity index (χ2v) is 11.1. The summed E-state index contributed by atoms with van der Waals surface area (Å²) in [5.41, 5.74) is 1.88. The van der Waals surface area contributed by atoms with Gasteiger partial charge in [-0.2, -0.15) is 0 Å². The maximum absolute atomic E-state index is 13.5. The fourth-order valence-corrected chi connectivity index (χ4v) is 7.42. The van der Waals surface area contributed by atoms with Crippen molar-refractivity contribution in [2.75, 3.05) is 13.1 Å². The van der Waals surface area contributed by atoms with Crippen molar-refractivity contribution in [1.82, 2.24) is 19.8 Å². The molecule has 6 heteroatoms. The van der Waals surface area contributed by atoms with Gasteiger partial charge in [-0.25, -0.2) is 4.98 Å². The monoisotopic (exact) mass is 438 g/mol. The van der Waals surface area contributed by atoms with Crippen molar-refractivity contribution in [3.63, 3.8) is 0 Å². The van der Waals surface area contributed by atoms with Crippen LogP contribution < -0.4 is 5.56 Å². The molecule has 6 nitrogen and oxygen atoms in total. The molecule has 32 heavy (non-hydrogen) atoms. The summed E-state index contributed by atoms with van der Waals surface area (Å²) in [5.74, 6) is 2.58. The first-order valence-electron chi connectivity index (χ1n) is 13.4. The van der Waals surface area contributed by atoms with E-state index in [2.05, 4.69) is 14.8 Å². The van der Waals surface area contributed by atoms with Crippen LogP contribution in [0, 0.1) is 17.8 Å². The number of hydrogen-bond donors (Lipinski definition) is 1. The lowest BCUT2D eigenvalue weighted by Crippen LogP contribution is -2.44. The van der Waals surface area contributed by atoms with Gasteiger partial charge in [0.05, 0.1) is 11.7 Å².